The van der Waals surface area contributed by atoms with Crippen molar-refractivity contribution in [2.75, 3.05) is 0 Å². The molecule has 0 bridgehead atoms. The molecule has 5 heteroatoms. The highest BCUT2D eigenvalue weighted by Gasteiger charge is 2.10. The molecule has 0 fully saturated rings. The maximum atomic E-state index is 11.9. The third-order valence-electron chi connectivity index (χ3n) is 3.07. The van der Waals surface area contributed by atoms with Gasteiger partial charge in [-0.25, -0.2) is 4.68 Å². The molecule has 0 unspecified atom stereocenters. The monoisotopic (exact) mass is 281 g/mol. The van der Waals surface area contributed by atoms with Crippen LogP contribution in [0.1, 0.15) is 21.9 Å². The van der Waals surface area contributed by atoms with Crippen molar-refractivity contribution in [3.63, 3.8) is 0 Å². The number of nitrogens with zero attached hydrogens (tertiary/aromatic N) is 2. The van der Waals surface area contributed by atoms with Gasteiger partial charge in [0, 0.05) is 18.3 Å². The van der Waals surface area contributed by atoms with E-state index in [4.69, 9.17) is 4.42 Å². The van der Waals surface area contributed by atoms with Crippen molar-refractivity contribution >= 4 is 5.91 Å². The average Bonchev–Trinajstić information content (AvgIpc) is 3.15. The zero-order valence-electron chi connectivity index (χ0n) is 11.6. The van der Waals surface area contributed by atoms with Crippen LogP contribution in [0.2, 0.25) is 0 Å². The molecule has 2 aromatic heterocycles. The fourth-order valence-electron chi connectivity index (χ4n) is 2.00. The fourth-order valence-corrected chi connectivity index (χ4v) is 2.00. The van der Waals surface area contributed by atoms with Crippen LogP contribution in [0.15, 0.2) is 59.3 Å². The van der Waals surface area contributed by atoms with E-state index in [-0.39, 0.29) is 5.91 Å². The van der Waals surface area contributed by atoms with E-state index in [1.54, 1.807) is 29.9 Å². The molecular formula is C16H15N3O2. The molecule has 5 nitrogen and oxygen atoms in total. The molecule has 0 atom stereocenters. The summed E-state index contributed by atoms with van der Waals surface area (Å²) in [5, 5.41) is 7.09. The summed E-state index contributed by atoms with van der Waals surface area (Å²) in [5.41, 5.74) is 1.91. The van der Waals surface area contributed by atoms with Gasteiger partial charge in [0.1, 0.15) is 5.76 Å². The molecule has 0 aliphatic heterocycles. The smallest absolute Gasteiger partial charge is 0.287 e. The maximum Gasteiger partial charge on any atom is 0.287 e. The molecule has 0 aliphatic carbocycles. The van der Waals surface area contributed by atoms with Gasteiger partial charge in [-0.2, -0.15) is 5.10 Å². The zero-order valence-corrected chi connectivity index (χ0v) is 11.6. The third-order valence-corrected chi connectivity index (χ3v) is 3.07. The second-order valence-electron chi connectivity index (χ2n) is 4.72. The SMILES string of the molecule is Cc1ccc(C(=O)NCc2cnn(-c3ccccc3)c2)o1. The molecule has 3 rings (SSSR count). The van der Waals surface area contributed by atoms with Crippen LogP contribution < -0.4 is 5.32 Å². The quantitative estimate of drug-likeness (QED) is 0.800. The van der Waals surface area contributed by atoms with E-state index >= 15 is 0 Å². The highest BCUT2D eigenvalue weighted by molar-refractivity contribution is 5.91. The minimum Gasteiger partial charge on any atom is -0.456 e. The zero-order chi connectivity index (χ0) is 14.7. The molecule has 0 spiro atoms. The first kappa shape index (κ1) is 13.2. The van der Waals surface area contributed by atoms with Crippen LogP contribution in [-0.2, 0) is 6.54 Å². The van der Waals surface area contributed by atoms with Crippen LogP contribution in [0.25, 0.3) is 5.69 Å². The van der Waals surface area contributed by atoms with Crippen molar-refractivity contribution in [1.29, 1.82) is 0 Å². The lowest BCUT2D eigenvalue weighted by Crippen LogP contribution is -2.21. The molecule has 2 heterocycles. The number of benzene rings is 1. The summed E-state index contributed by atoms with van der Waals surface area (Å²) < 4.78 is 7.05. The van der Waals surface area contributed by atoms with E-state index in [1.807, 2.05) is 36.5 Å². The number of carbonyl (C=O) groups is 1. The Morgan fingerprint density at radius 3 is 2.76 bits per heavy atom. The molecule has 1 N–H and O–H groups in total. The Bertz CT molecular complexity index is 744. The van der Waals surface area contributed by atoms with Gasteiger partial charge < -0.3 is 9.73 Å². The van der Waals surface area contributed by atoms with Gasteiger partial charge in [-0.05, 0) is 31.2 Å². The number of amides is 1. The Balaban J connectivity index is 1.64. The van der Waals surface area contributed by atoms with Crippen LogP contribution >= 0.6 is 0 Å². The molecular weight excluding hydrogens is 266 g/mol. The van der Waals surface area contributed by atoms with Crippen LogP contribution in [0.3, 0.4) is 0 Å². The van der Waals surface area contributed by atoms with Gasteiger partial charge in [-0.1, -0.05) is 18.2 Å². The standard InChI is InChI=1S/C16H15N3O2/c1-12-7-8-15(21-12)16(20)17-9-13-10-18-19(11-13)14-5-3-2-4-6-14/h2-8,10-11H,9H2,1H3,(H,17,20). The Labute approximate surface area is 122 Å². The molecule has 21 heavy (non-hydrogen) atoms. The lowest BCUT2D eigenvalue weighted by atomic mass is 10.3. The highest BCUT2D eigenvalue weighted by Crippen LogP contribution is 2.09. The number of aryl methyl sites for hydroxylation is 1. The maximum absolute atomic E-state index is 11.9. The normalized spacial score (nSPS) is 10.5. The summed E-state index contributed by atoms with van der Waals surface area (Å²) in [7, 11) is 0. The number of furan rings is 1. The summed E-state index contributed by atoms with van der Waals surface area (Å²) in [4.78, 5) is 11.9. The van der Waals surface area contributed by atoms with Crippen LogP contribution in [0.4, 0.5) is 0 Å². The Hall–Kier alpha value is -2.82. The van der Waals surface area contributed by atoms with Crippen molar-refractivity contribution in [3.8, 4) is 5.69 Å². The lowest BCUT2D eigenvalue weighted by molar-refractivity contribution is 0.0922. The minimum atomic E-state index is -0.226. The predicted molar refractivity (Wildman–Crippen MR) is 78.2 cm³/mol. The van der Waals surface area contributed by atoms with Crippen LogP contribution in [-0.4, -0.2) is 15.7 Å². The topological polar surface area (TPSA) is 60.1 Å². The molecule has 0 saturated carbocycles. The van der Waals surface area contributed by atoms with Crippen molar-refractivity contribution in [1.82, 2.24) is 15.1 Å². The summed E-state index contributed by atoms with van der Waals surface area (Å²) in [5.74, 6) is 0.815. The van der Waals surface area contributed by atoms with E-state index in [0.717, 1.165) is 17.0 Å². The molecule has 0 radical (unpaired) electrons. The lowest BCUT2D eigenvalue weighted by Gasteiger charge is -2.01. The van der Waals surface area contributed by atoms with E-state index in [1.165, 1.54) is 0 Å². The highest BCUT2D eigenvalue weighted by atomic mass is 16.3. The summed E-state index contributed by atoms with van der Waals surface area (Å²) in [6.45, 7) is 2.21. The Morgan fingerprint density at radius 2 is 2.05 bits per heavy atom. The van der Waals surface area contributed by atoms with Crippen molar-refractivity contribution in [3.05, 3.63) is 71.9 Å². The second kappa shape index (κ2) is 5.66. The number of para-hydroxylation sites is 1. The Morgan fingerprint density at radius 1 is 1.24 bits per heavy atom. The third kappa shape index (κ3) is 3.02. The predicted octanol–water partition coefficient (Wildman–Crippen LogP) is 2.70. The number of aromatic nitrogens is 2. The largest absolute Gasteiger partial charge is 0.456 e. The van der Waals surface area contributed by atoms with Gasteiger partial charge in [-0.3, -0.25) is 4.79 Å². The molecule has 106 valence electrons. The van der Waals surface area contributed by atoms with E-state index in [2.05, 4.69) is 10.4 Å². The summed E-state index contributed by atoms with van der Waals surface area (Å²) >= 11 is 0. The molecule has 0 saturated heterocycles. The number of hydrogen-bond acceptors (Lipinski definition) is 3. The number of hydrogen-bond donors (Lipinski definition) is 1. The van der Waals surface area contributed by atoms with Gasteiger partial charge in [0.2, 0.25) is 0 Å². The molecule has 0 aliphatic rings. The molecule has 1 aromatic carbocycles. The summed E-state index contributed by atoms with van der Waals surface area (Å²) in [6, 6.07) is 13.2. The number of rotatable bonds is 4. The van der Waals surface area contributed by atoms with Crippen LogP contribution in [0.5, 0.6) is 0 Å². The Kier molecular flexibility index (Phi) is 3.55. The first-order valence-corrected chi connectivity index (χ1v) is 6.66. The van der Waals surface area contributed by atoms with Gasteiger partial charge >= 0.3 is 0 Å². The minimum absolute atomic E-state index is 0.226. The van der Waals surface area contributed by atoms with E-state index in [0.29, 0.717) is 12.3 Å². The van der Waals surface area contributed by atoms with Crippen LogP contribution in [0, 0.1) is 6.92 Å². The molecule has 1 amide bonds. The first-order chi connectivity index (χ1) is 10.2. The fraction of sp³-hybridized carbons (Fsp3) is 0.125. The molecule has 3 aromatic rings. The van der Waals surface area contributed by atoms with Crippen molar-refractivity contribution in [2.24, 2.45) is 0 Å². The second-order valence-corrected chi connectivity index (χ2v) is 4.72. The number of carbonyl (C=O) groups excluding carboxylic acids is 1. The summed E-state index contributed by atoms with van der Waals surface area (Å²) in [6.07, 6.45) is 3.63. The van der Waals surface area contributed by atoms with E-state index in [9.17, 15) is 4.79 Å². The van der Waals surface area contributed by atoms with Crippen molar-refractivity contribution in [2.45, 2.75) is 13.5 Å². The van der Waals surface area contributed by atoms with Gasteiger partial charge in [0.15, 0.2) is 5.76 Å². The average molecular weight is 281 g/mol. The first-order valence-electron chi connectivity index (χ1n) is 6.66. The van der Waals surface area contributed by atoms with Gasteiger partial charge in [0.25, 0.3) is 5.91 Å². The van der Waals surface area contributed by atoms with Gasteiger partial charge in [0.05, 0.1) is 11.9 Å². The van der Waals surface area contributed by atoms with E-state index < -0.39 is 0 Å². The van der Waals surface area contributed by atoms with Gasteiger partial charge in [-0.15, -0.1) is 0 Å². The van der Waals surface area contributed by atoms with Crippen molar-refractivity contribution < 1.29 is 9.21 Å². The number of nitrogens with one attached hydrogen (secondary N) is 1.